The van der Waals surface area contributed by atoms with Gasteiger partial charge in [0.2, 0.25) is 5.16 Å². The van der Waals surface area contributed by atoms with Gasteiger partial charge in [0, 0.05) is 16.7 Å². The third-order valence-electron chi connectivity index (χ3n) is 4.13. The van der Waals surface area contributed by atoms with E-state index < -0.39 is 0 Å². The number of hydrogen-bond acceptors (Lipinski definition) is 6. The van der Waals surface area contributed by atoms with Gasteiger partial charge in [0.15, 0.2) is 5.82 Å². The molecule has 0 saturated carbocycles. The highest BCUT2D eigenvalue weighted by Crippen LogP contribution is 2.32. The molecular formula is C20H17ClN4O2S. The highest BCUT2D eigenvalue weighted by Gasteiger charge is 2.13. The summed E-state index contributed by atoms with van der Waals surface area (Å²) in [6, 6.07) is 15.5. The number of nitrogens with one attached hydrogen (secondary N) is 1. The van der Waals surface area contributed by atoms with E-state index in [-0.39, 0.29) is 0 Å². The number of aromatic nitrogens is 4. The Hall–Kier alpha value is -2.77. The molecule has 0 spiro atoms. The van der Waals surface area contributed by atoms with Gasteiger partial charge in [-0.25, -0.2) is 4.98 Å². The number of ether oxygens (including phenoxy) is 1. The lowest BCUT2D eigenvalue weighted by Crippen LogP contribution is -1.89. The molecule has 0 fully saturated rings. The Morgan fingerprint density at radius 1 is 1.14 bits per heavy atom. The van der Waals surface area contributed by atoms with Gasteiger partial charge in [-0.2, -0.15) is 0 Å². The van der Waals surface area contributed by atoms with Gasteiger partial charge in [0.1, 0.15) is 17.2 Å². The van der Waals surface area contributed by atoms with Crippen LogP contribution in [0.25, 0.3) is 22.6 Å². The number of aromatic amines is 1. The lowest BCUT2D eigenvalue weighted by molar-refractivity contribution is 0.397. The van der Waals surface area contributed by atoms with Crippen LogP contribution in [0.1, 0.15) is 11.3 Å². The molecule has 0 aliphatic heterocycles. The van der Waals surface area contributed by atoms with Crippen molar-refractivity contribution in [2.45, 2.75) is 17.8 Å². The summed E-state index contributed by atoms with van der Waals surface area (Å²) >= 11 is 7.55. The van der Waals surface area contributed by atoms with Crippen molar-refractivity contribution >= 4 is 23.4 Å². The van der Waals surface area contributed by atoms with Gasteiger partial charge in [0.25, 0.3) is 0 Å². The molecule has 4 aromatic rings. The Balaban J connectivity index is 1.46. The molecule has 28 heavy (non-hydrogen) atoms. The van der Waals surface area contributed by atoms with Crippen LogP contribution in [-0.4, -0.2) is 27.4 Å². The fourth-order valence-corrected chi connectivity index (χ4v) is 3.52. The van der Waals surface area contributed by atoms with Crippen LogP contribution in [0.2, 0.25) is 5.02 Å². The lowest BCUT2D eigenvalue weighted by Gasteiger charge is -2.05. The molecule has 0 aliphatic rings. The first-order chi connectivity index (χ1) is 13.6. The number of rotatable bonds is 6. The second-order valence-corrected chi connectivity index (χ2v) is 7.52. The number of thioether (sulfide) groups is 1. The minimum absolute atomic E-state index is 0.572. The molecule has 0 radical (unpaired) electrons. The highest BCUT2D eigenvalue weighted by atomic mass is 35.5. The largest absolute Gasteiger partial charge is 0.496 e. The van der Waals surface area contributed by atoms with Gasteiger partial charge < -0.3 is 9.26 Å². The van der Waals surface area contributed by atoms with E-state index in [1.807, 2.05) is 18.2 Å². The van der Waals surface area contributed by atoms with Crippen LogP contribution in [-0.2, 0) is 5.75 Å². The quantitative estimate of drug-likeness (QED) is 0.428. The molecule has 0 saturated heterocycles. The summed E-state index contributed by atoms with van der Waals surface area (Å²) < 4.78 is 10.8. The first-order valence-corrected chi connectivity index (χ1v) is 9.90. The van der Waals surface area contributed by atoms with Crippen molar-refractivity contribution in [3.63, 3.8) is 0 Å². The maximum absolute atomic E-state index is 6.09. The molecule has 142 valence electrons. The third kappa shape index (κ3) is 4.05. The number of H-pyrrole nitrogens is 1. The van der Waals surface area contributed by atoms with Gasteiger partial charge in [-0.15, -0.1) is 5.10 Å². The number of nitrogens with zero attached hydrogens (tertiary/aromatic N) is 3. The zero-order valence-electron chi connectivity index (χ0n) is 15.3. The van der Waals surface area contributed by atoms with E-state index >= 15 is 0 Å². The van der Waals surface area contributed by atoms with E-state index in [2.05, 4.69) is 39.4 Å². The summed E-state index contributed by atoms with van der Waals surface area (Å²) in [6.45, 7) is 2.05. The molecule has 4 rings (SSSR count). The molecule has 2 heterocycles. The molecule has 8 heteroatoms. The summed E-state index contributed by atoms with van der Waals surface area (Å²) in [4.78, 5) is 4.52. The number of benzene rings is 2. The normalized spacial score (nSPS) is 11.0. The maximum Gasteiger partial charge on any atom is 0.209 e. The lowest BCUT2D eigenvalue weighted by atomic mass is 10.1. The highest BCUT2D eigenvalue weighted by molar-refractivity contribution is 7.98. The molecule has 2 aromatic heterocycles. The van der Waals surface area contributed by atoms with Crippen molar-refractivity contribution in [2.24, 2.45) is 0 Å². The van der Waals surface area contributed by atoms with Crippen molar-refractivity contribution in [1.29, 1.82) is 0 Å². The number of methoxy groups -OCH3 is 1. The Labute approximate surface area is 171 Å². The van der Waals surface area contributed by atoms with Crippen molar-refractivity contribution in [1.82, 2.24) is 20.3 Å². The molecule has 6 nitrogen and oxygen atoms in total. The fraction of sp³-hybridized carbons (Fsp3) is 0.150. The Morgan fingerprint density at radius 3 is 2.75 bits per heavy atom. The van der Waals surface area contributed by atoms with Crippen molar-refractivity contribution < 1.29 is 9.26 Å². The summed E-state index contributed by atoms with van der Waals surface area (Å²) in [5.41, 5.74) is 3.81. The zero-order chi connectivity index (χ0) is 19.5. The maximum atomic E-state index is 6.09. The van der Waals surface area contributed by atoms with E-state index in [4.69, 9.17) is 20.9 Å². The minimum Gasteiger partial charge on any atom is -0.496 e. The number of aryl methyl sites for hydroxylation is 1. The Kier molecular flexibility index (Phi) is 5.36. The monoisotopic (exact) mass is 412 g/mol. The van der Waals surface area contributed by atoms with Crippen LogP contribution in [0.4, 0.5) is 0 Å². The second-order valence-electron chi connectivity index (χ2n) is 6.14. The molecule has 1 N–H and O–H groups in total. The summed E-state index contributed by atoms with van der Waals surface area (Å²) in [7, 11) is 1.61. The number of hydrogen-bond donors (Lipinski definition) is 1. The van der Waals surface area contributed by atoms with Gasteiger partial charge in [0.05, 0.1) is 18.4 Å². The van der Waals surface area contributed by atoms with Gasteiger partial charge in [-0.3, -0.25) is 5.10 Å². The van der Waals surface area contributed by atoms with Crippen molar-refractivity contribution in [3.8, 4) is 28.4 Å². The molecular weight excluding hydrogens is 396 g/mol. The van der Waals surface area contributed by atoms with Crippen LogP contribution in [0.5, 0.6) is 5.75 Å². The van der Waals surface area contributed by atoms with Crippen LogP contribution in [0.15, 0.2) is 58.2 Å². The van der Waals surface area contributed by atoms with E-state index in [1.54, 1.807) is 25.3 Å². The van der Waals surface area contributed by atoms with Crippen LogP contribution >= 0.6 is 23.4 Å². The van der Waals surface area contributed by atoms with Gasteiger partial charge in [-0.05, 0) is 25.1 Å². The van der Waals surface area contributed by atoms with E-state index in [9.17, 15) is 0 Å². The molecule has 0 bridgehead atoms. The predicted molar refractivity (Wildman–Crippen MR) is 110 cm³/mol. The SMILES string of the molecule is COc1ccc(Cl)cc1-c1nc(SCc2cc(-c3ccc(C)cc3)no2)n[nH]1. The van der Waals surface area contributed by atoms with E-state index in [1.165, 1.54) is 17.3 Å². The van der Waals surface area contributed by atoms with Crippen LogP contribution in [0.3, 0.4) is 0 Å². The predicted octanol–water partition coefficient (Wildman–Crippen LogP) is 5.39. The van der Waals surface area contributed by atoms with Gasteiger partial charge >= 0.3 is 0 Å². The summed E-state index contributed by atoms with van der Waals surface area (Å²) in [5.74, 6) is 2.60. The smallest absolute Gasteiger partial charge is 0.209 e. The van der Waals surface area contributed by atoms with Crippen LogP contribution < -0.4 is 4.74 Å². The average Bonchev–Trinajstić information content (AvgIpc) is 3.36. The topological polar surface area (TPSA) is 76.8 Å². The Bertz CT molecular complexity index is 1090. The summed E-state index contributed by atoms with van der Waals surface area (Å²) in [6.07, 6.45) is 0. The molecule has 0 amide bonds. The van der Waals surface area contributed by atoms with E-state index in [0.29, 0.717) is 27.5 Å². The van der Waals surface area contributed by atoms with Crippen molar-refractivity contribution in [3.05, 3.63) is 64.9 Å². The van der Waals surface area contributed by atoms with Gasteiger partial charge in [-0.1, -0.05) is 58.3 Å². The minimum atomic E-state index is 0.572. The van der Waals surface area contributed by atoms with E-state index in [0.717, 1.165) is 22.6 Å². The number of halogens is 1. The molecule has 0 atom stereocenters. The average molecular weight is 413 g/mol. The zero-order valence-corrected chi connectivity index (χ0v) is 16.8. The molecule has 2 aromatic carbocycles. The summed E-state index contributed by atoms with van der Waals surface area (Å²) in [5, 5.41) is 12.5. The van der Waals surface area contributed by atoms with Crippen molar-refractivity contribution in [2.75, 3.05) is 7.11 Å². The standard InChI is InChI=1S/C20H17ClN4O2S/c1-12-3-5-13(6-4-12)17-10-15(27-25-17)11-28-20-22-19(23-24-20)16-9-14(21)7-8-18(16)26-2/h3-10H,11H2,1-2H3,(H,22,23,24). The van der Waals surface area contributed by atoms with Crippen LogP contribution in [0, 0.1) is 6.92 Å². The molecule has 0 aliphatic carbocycles. The second kappa shape index (κ2) is 8.08. The Morgan fingerprint density at radius 2 is 1.96 bits per heavy atom. The first-order valence-electron chi connectivity index (χ1n) is 8.54. The third-order valence-corrected chi connectivity index (χ3v) is 5.24. The fourth-order valence-electron chi connectivity index (χ4n) is 2.67. The molecule has 0 unspecified atom stereocenters. The first kappa shape index (κ1) is 18.6.